The van der Waals surface area contributed by atoms with Crippen LogP contribution in [0, 0.1) is 0 Å². The summed E-state index contributed by atoms with van der Waals surface area (Å²) in [7, 11) is 0. The summed E-state index contributed by atoms with van der Waals surface area (Å²) in [6.07, 6.45) is 1.44. The average Bonchev–Trinajstić information content (AvgIpc) is 3.34. The second-order valence-electron chi connectivity index (χ2n) is 9.66. The normalized spacial score (nSPS) is 22.1. The smallest absolute Gasteiger partial charge is 0.411 e. The largest absolute Gasteiger partial charge is 0.444 e. The predicted molar refractivity (Wildman–Crippen MR) is 121 cm³/mol. The third-order valence-electron chi connectivity index (χ3n) is 6.16. The van der Waals surface area contributed by atoms with Gasteiger partial charge in [-0.1, -0.05) is 28.1 Å². The van der Waals surface area contributed by atoms with Gasteiger partial charge in [0.05, 0.1) is 24.3 Å². The average molecular weight is 489 g/mol. The summed E-state index contributed by atoms with van der Waals surface area (Å²) in [6, 6.07) is 7.71. The Balaban J connectivity index is 1.85. The van der Waals surface area contributed by atoms with Gasteiger partial charge < -0.3 is 10.5 Å². The number of carbonyl (C=O) groups is 2. The van der Waals surface area contributed by atoms with Gasteiger partial charge in [0.15, 0.2) is 5.69 Å². The Labute approximate surface area is 191 Å². The van der Waals surface area contributed by atoms with Crippen LogP contribution in [0.1, 0.15) is 80.8 Å². The van der Waals surface area contributed by atoms with Gasteiger partial charge in [-0.3, -0.25) is 14.4 Å². The Morgan fingerprint density at radius 2 is 1.94 bits per heavy atom. The number of carbonyl (C=O) groups excluding carboxylic acids is 2. The van der Waals surface area contributed by atoms with E-state index in [1.54, 1.807) is 4.90 Å². The summed E-state index contributed by atoms with van der Waals surface area (Å²) in [5.74, 6) is -0.540. The zero-order valence-electron chi connectivity index (χ0n) is 18.6. The number of primary amides is 1. The van der Waals surface area contributed by atoms with Crippen molar-refractivity contribution in [1.82, 2.24) is 14.7 Å². The van der Waals surface area contributed by atoms with Crippen molar-refractivity contribution >= 4 is 27.9 Å². The van der Waals surface area contributed by atoms with Crippen LogP contribution in [0.2, 0.25) is 0 Å². The zero-order chi connectivity index (χ0) is 22.7. The first-order chi connectivity index (χ1) is 14.4. The third kappa shape index (κ3) is 3.75. The van der Waals surface area contributed by atoms with E-state index >= 15 is 0 Å². The quantitative estimate of drug-likeness (QED) is 0.686. The summed E-state index contributed by atoms with van der Waals surface area (Å²) in [5.41, 5.74) is 8.02. The summed E-state index contributed by atoms with van der Waals surface area (Å²) in [5, 5.41) is 4.63. The molecule has 1 aromatic heterocycles. The molecule has 1 fully saturated rings. The summed E-state index contributed by atoms with van der Waals surface area (Å²) in [4.78, 5) is 27.2. The molecule has 8 heteroatoms. The van der Waals surface area contributed by atoms with Crippen LogP contribution >= 0.6 is 15.9 Å². The van der Waals surface area contributed by atoms with Gasteiger partial charge in [0.1, 0.15) is 5.60 Å². The fourth-order valence-electron chi connectivity index (χ4n) is 4.78. The Bertz CT molecular complexity index is 1050. The highest BCUT2D eigenvalue weighted by atomic mass is 79.9. The first kappa shape index (κ1) is 21.9. The van der Waals surface area contributed by atoms with Crippen LogP contribution in [0.5, 0.6) is 0 Å². The molecule has 4 rings (SSSR count). The molecule has 7 nitrogen and oxygen atoms in total. The first-order valence-electron chi connectivity index (χ1n) is 10.6. The molecule has 2 unspecified atom stereocenters. The number of benzene rings is 1. The fourth-order valence-corrected chi connectivity index (χ4v) is 5.18. The van der Waals surface area contributed by atoms with Gasteiger partial charge in [-0.15, -0.1) is 0 Å². The van der Waals surface area contributed by atoms with Gasteiger partial charge in [0.2, 0.25) is 0 Å². The number of hydrogen-bond donors (Lipinski definition) is 1. The molecule has 2 aliphatic rings. The van der Waals surface area contributed by atoms with Crippen LogP contribution in [-0.2, 0) is 16.7 Å². The number of rotatable bonds is 3. The number of ether oxygens (including phenoxy) is 1. The molecular weight excluding hydrogens is 460 g/mol. The lowest BCUT2D eigenvalue weighted by molar-refractivity contribution is -0.000520. The van der Waals surface area contributed by atoms with Gasteiger partial charge in [-0.05, 0) is 65.2 Å². The molecule has 31 heavy (non-hydrogen) atoms. The van der Waals surface area contributed by atoms with Gasteiger partial charge in [0.25, 0.3) is 5.91 Å². The molecule has 1 aliphatic carbocycles. The summed E-state index contributed by atoms with van der Waals surface area (Å²) < 4.78 is 8.53. The highest BCUT2D eigenvalue weighted by Crippen LogP contribution is 2.57. The van der Waals surface area contributed by atoms with E-state index in [0.717, 1.165) is 34.1 Å². The topological polar surface area (TPSA) is 90.5 Å². The minimum absolute atomic E-state index is 0.133. The Morgan fingerprint density at radius 1 is 1.26 bits per heavy atom. The van der Waals surface area contributed by atoms with Crippen LogP contribution in [-0.4, -0.2) is 38.3 Å². The van der Waals surface area contributed by atoms with E-state index in [2.05, 4.69) is 33.2 Å². The van der Waals surface area contributed by atoms with E-state index in [1.165, 1.54) is 0 Å². The Hall–Kier alpha value is -2.35. The molecule has 1 aromatic carbocycles. The molecule has 2 atom stereocenters. The molecule has 1 aliphatic heterocycles. The number of nitrogens with zero attached hydrogens (tertiary/aromatic N) is 3. The monoisotopic (exact) mass is 488 g/mol. The maximum absolute atomic E-state index is 13.1. The van der Waals surface area contributed by atoms with Gasteiger partial charge >= 0.3 is 6.09 Å². The second kappa shape index (κ2) is 7.36. The van der Waals surface area contributed by atoms with E-state index in [0.29, 0.717) is 12.2 Å². The molecule has 0 radical (unpaired) electrons. The van der Waals surface area contributed by atoms with Crippen molar-refractivity contribution < 1.29 is 14.3 Å². The highest BCUT2D eigenvalue weighted by Gasteiger charge is 2.53. The minimum atomic E-state index is -0.594. The molecule has 0 saturated heterocycles. The lowest BCUT2D eigenvalue weighted by Gasteiger charge is -2.40. The molecule has 1 saturated carbocycles. The third-order valence-corrected chi connectivity index (χ3v) is 6.65. The van der Waals surface area contributed by atoms with Crippen molar-refractivity contribution in [3.63, 3.8) is 0 Å². The number of fused-ring (bicyclic) bond motifs is 1. The standard InChI is InChI=1S/C23H29BrN4O3/c1-13-12-27-19(14(2)28(13)21(30)31-22(3,4)5)17(18(26-27)20(25)29)23(9-10-23)15-7-6-8-16(24)11-15/h6-8,11,13-14H,9-10,12H2,1-5H3,(H2,25,29). The van der Waals surface area contributed by atoms with Crippen molar-refractivity contribution in [3.05, 3.63) is 51.3 Å². The van der Waals surface area contributed by atoms with Crippen LogP contribution < -0.4 is 5.73 Å². The molecule has 0 bridgehead atoms. The fraction of sp³-hybridized carbons (Fsp3) is 0.522. The molecular formula is C23H29BrN4O3. The lowest BCUT2D eigenvalue weighted by atomic mass is 9.84. The number of amides is 2. The summed E-state index contributed by atoms with van der Waals surface area (Å²) in [6.45, 7) is 9.99. The predicted octanol–water partition coefficient (Wildman–Crippen LogP) is 4.52. The van der Waals surface area contributed by atoms with Crippen molar-refractivity contribution in [2.75, 3.05) is 0 Å². The number of aromatic nitrogens is 2. The molecule has 0 spiro atoms. The van der Waals surface area contributed by atoms with Gasteiger partial charge in [-0.2, -0.15) is 5.10 Å². The highest BCUT2D eigenvalue weighted by molar-refractivity contribution is 9.10. The lowest BCUT2D eigenvalue weighted by Crippen LogP contribution is -2.49. The molecule has 2 N–H and O–H groups in total. The Morgan fingerprint density at radius 3 is 2.48 bits per heavy atom. The molecule has 166 valence electrons. The Kier molecular flexibility index (Phi) is 5.19. The van der Waals surface area contributed by atoms with Crippen molar-refractivity contribution in [2.45, 2.75) is 77.1 Å². The van der Waals surface area contributed by atoms with E-state index in [1.807, 2.05) is 51.4 Å². The van der Waals surface area contributed by atoms with E-state index < -0.39 is 11.5 Å². The van der Waals surface area contributed by atoms with Gasteiger partial charge in [-0.25, -0.2) is 4.79 Å². The van der Waals surface area contributed by atoms with Crippen LogP contribution in [0.4, 0.5) is 4.79 Å². The van der Waals surface area contributed by atoms with Crippen molar-refractivity contribution in [2.24, 2.45) is 5.73 Å². The maximum atomic E-state index is 13.1. The van der Waals surface area contributed by atoms with E-state index in [-0.39, 0.29) is 23.6 Å². The maximum Gasteiger partial charge on any atom is 0.411 e. The second-order valence-corrected chi connectivity index (χ2v) is 10.6. The molecule has 2 amide bonds. The van der Waals surface area contributed by atoms with Crippen LogP contribution in [0.25, 0.3) is 0 Å². The molecule has 2 aromatic rings. The number of nitrogens with two attached hydrogens (primary N) is 1. The van der Waals surface area contributed by atoms with Crippen molar-refractivity contribution in [1.29, 1.82) is 0 Å². The van der Waals surface area contributed by atoms with Crippen LogP contribution in [0.15, 0.2) is 28.7 Å². The van der Waals surface area contributed by atoms with E-state index in [4.69, 9.17) is 10.5 Å². The minimum Gasteiger partial charge on any atom is -0.444 e. The van der Waals surface area contributed by atoms with Crippen LogP contribution in [0.3, 0.4) is 0 Å². The zero-order valence-corrected chi connectivity index (χ0v) is 20.2. The van der Waals surface area contributed by atoms with Crippen molar-refractivity contribution in [3.8, 4) is 0 Å². The van der Waals surface area contributed by atoms with Gasteiger partial charge in [0, 0.05) is 15.5 Å². The van der Waals surface area contributed by atoms with E-state index in [9.17, 15) is 9.59 Å². The first-order valence-corrected chi connectivity index (χ1v) is 11.4. The SMILES string of the molecule is CC1Cn2nc(C(N)=O)c(C3(c4cccc(Br)c4)CC3)c2C(C)N1C(=O)OC(C)(C)C. The number of halogens is 1. The summed E-state index contributed by atoms with van der Waals surface area (Å²) >= 11 is 3.56. The number of hydrogen-bond acceptors (Lipinski definition) is 4. The molecule has 2 heterocycles.